The number of likely N-dealkylation sites (tertiary alicyclic amines) is 1. The SMILES string of the molecule is Cc1c(OCCCN2CCC(N)CC2)cccc1-c1ccc2nc(-c3cccc(CNCCO)c3)oc2c1. The molecule has 1 aromatic heterocycles. The minimum Gasteiger partial charge on any atom is -0.493 e. The number of hydrogen-bond donors (Lipinski definition) is 3. The minimum atomic E-state index is 0.121. The van der Waals surface area contributed by atoms with E-state index in [2.05, 4.69) is 53.5 Å². The van der Waals surface area contributed by atoms with Gasteiger partial charge in [-0.1, -0.05) is 30.3 Å². The lowest BCUT2D eigenvalue weighted by Gasteiger charge is -2.29. The molecule has 0 atom stereocenters. The molecule has 38 heavy (non-hydrogen) atoms. The van der Waals surface area contributed by atoms with Gasteiger partial charge in [0.2, 0.25) is 5.89 Å². The van der Waals surface area contributed by atoms with E-state index in [-0.39, 0.29) is 6.61 Å². The summed E-state index contributed by atoms with van der Waals surface area (Å²) in [6.07, 6.45) is 3.19. The van der Waals surface area contributed by atoms with Gasteiger partial charge in [-0.05, 0) is 91.9 Å². The monoisotopic (exact) mass is 514 g/mol. The van der Waals surface area contributed by atoms with Crippen LogP contribution in [0.15, 0.2) is 65.1 Å². The van der Waals surface area contributed by atoms with Gasteiger partial charge in [0.15, 0.2) is 5.58 Å². The number of aromatic nitrogens is 1. The van der Waals surface area contributed by atoms with Crippen molar-refractivity contribution in [3.05, 3.63) is 71.8 Å². The number of benzene rings is 3. The van der Waals surface area contributed by atoms with E-state index in [0.29, 0.717) is 31.6 Å². The minimum absolute atomic E-state index is 0.121. The number of rotatable bonds is 11. The quantitative estimate of drug-likeness (QED) is 0.249. The van der Waals surface area contributed by atoms with Gasteiger partial charge in [-0.2, -0.15) is 0 Å². The van der Waals surface area contributed by atoms with Crippen molar-refractivity contribution in [1.29, 1.82) is 0 Å². The Kier molecular flexibility index (Phi) is 8.71. The molecule has 1 aliphatic heterocycles. The van der Waals surface area contributed by atoms with Gasteiger partial charge in [-0.25, -0.2) is 4.98 Å². The average Bonchev–Trinajstić information content (AvgIpc) is 3.37. The van der Waals surface area contributed by atoms with Crippen molar-refractivity contribution in [2.45, 2.75) is 38.8 Å². The molecule has 0 spiro atoms. The number of oxazole rings is 1. The summed E-state index contributed by atoms with van der Waals surface area (Å²) in [7, 11) is 0. The zero-order valence-corrected chi connectivity index (χ0v) is 22.2. The first-order valence-electron chi connectivity index (χ1n) is 13.6. The molecule has 3 aromatic carbocycles. The van der Waals surface area contributed by atoms with E-state index >= 15 is 0 Å². The molecule has 0 aliphatic carbocycles. The summed E-state index contributed by atoms with van der Waals surface area (Å²) in [5, 5.41) is 12.2. The number of ether oxygens (including phenoxy) is 1. The summed E-state index contributed by atoms with van der Waals surface area (Å²) in [5.41, 5.74) is 13.0. The predicted octanol–water partition coefficient (Wildman–Crippen LogP) is 4.74. The van der Waals surface area contributed by atoms with Crippen LogP contribution < -0.4 is 15.8 Å². The van der Waals surface area contributed by atoms with E-state index in [9.17, 15) is 0 Å². The Morgan fingerprint density at radius 2 is 1.92 bits per heavy atom. The van der Waals surface area contributed by atoms with Crippen molar-refractivity contribution in [3.8, 4) is 28.3 Å². The molecule has 0 radical (unpaired) electrons. The molecule has 0 unspecified atom stereocenters. The number of nitrogens with zero attached hydrogens (tertiary/aromatic N) is 2. The van der Waals surface area contributed by atoms with Gasteiger partial charge in [0.25, 0.3) is 0 Å². The normalized spacial score (nSPS) is 14.8. The molecule has 1 saturated heterocycles. The molecule has 0 saturated carbocycles. The van der Waals surface area contributed by atoms with E-state index in [1.54, 1.807) is 0 Å². The second-order valence-corrected chi connectivity index (χ2v) is 10.1. The van der Waals surface area contributed by atoms with Crippen molar-refractivity contribution in [2.24, 2.45) is 5.73 Å². The number of piperidine rings is 1. The molecule has 4 N–H and O–H groups in total. The molecule has 5 rings (SSSR count). The fourth-order valence-corrected chi connectivity index (χ4v) is 5.07. The van der Waals surface area contributed by atoms with E-state index < -0.39 is 0 Å². The summed E-state index contributed by atoms with van der Waals surface area (Å²) < 4.78 is 12.4. The van der Waals surface area contributed by atoms with E-state index in [1.807, 2.05) is 24.3 Å². The maximum absolute atomic E-state index is 9.00. The van der Waals surface area contributed by atoms with E-state index in [0.717, 1.165) is 83.6 Å². The summed E-state index contributed by atoms with van der Waals surface area (Å²) in [6.45, 7) is 7.42. The zero-order chi connectivity index (χ0) is 26.3. The number of aliphatic hydroxyl groups is 1. The topological polar surface area (TPSA) is 96.8 Å². The molecule has 0 amide bonds. The number of aliphatic hydroxyl groups excluding tert-OH is 1. The maximum Gasteiger partial charge on any atom is 0.227 e. The Balaban J connectivity index is 1.26. The van der Waals surface area contributed by atoms with Gasteiger partial charge in [0.1, 0.15) is 11.3 Å². The van der Waals surface area contributed by atoms with Crippen molar-refractivity contribution >= 4 is 11.1 Å². The predicted molar refractivity (Wildman–Crippen MR) is 152 cm³/mol. The number of nitrogens with two attached hydrogens (primary N) is 1. The summed E-state index contributed by atoms with van der Waals surface area (Å²) in [4.78, 5) is 7.21. The first-order chi connectivity index (χ1) is 18.6. The lowest BCUT2D eigenvalue weighted by atomic mass is 9.99. The van der Waals surface area contributed by atoms with Crippen LogP contribution in [0.5, 0.6) is 5.75 Å². The maximum atomic E-state index is 9.00. The highest BCUT2D eigenvalue weighted by Crippen LogP contribution is 2.33. The highest BCUT2D eigenvalue weighted by molar-refractivity contribution is 5.83. The molecule has 200 valence electrons. The molecule has 7 heteroatoms. The largest absolute Gasteiger partial charge is 0.493 e. The number of hydrogen-bond acceptors (Lipinski definition) is 7. The van der Waals surface area contributed by atoms with Crippen LogP contribution in [0.3, 0.4) is 0 Å². The molecule has 2 heterocycles. The lowest BCUT2D eigenvalue weighted by molar-refractivity contribution is 0.193. The summed E-state index contributed by atoms with van der Waals surface area (Å²) >= 11 is 0. The van der Waals surface area contributed by atoms with Crippen molar-refractivity contribution in [3.63, 3.8) is 0 Å². The summed E-state index contributed by atoms with van der Waals surface area (Å²) in [5.74, 6) is 1.53. The fraction of sp³-hybridized carbons (Fsp3) is 0.387. The van der Waals surface area contributed by atoms with E-state index in [1.165, 1.54) is 0 Å². The third-order valence-corrected chi connectivity index (χ3v) is 7.28. The Morgan fingerprint density at radius 3 is 2.76 bits per heavy atom. The lowest BCUT2D eigenvalue weighted by Crippen LogP contribution is -2.40. The van der Waals surface area contributed by atoms with Crippen LogP contribution in [0, 0.1) is 6.92 Å². The zero-order valence-electron chi connectivity index (χ0n) is 22.2. The van der Waals surface area contributed by atoms with Crippen molar-refractivity contribution < 1.29 is 14.3 Å². The van der Waals surface area contributed by atoms with Crippen LogP contribution >= 0.6 is 0 Å². The van der Waals surface area contributed by atoms with Crippen molar-refractivity contribution in [2.75, 3.05) is 39.4 Å². The van der Waals surface area contributed by atoms with Crippen LogP contribution in [-0.4, -0.2) is 60.4 Å². The molecule has 1 fully saturated rings. The Labute approximate surface area is 224 Å². The summed E-state index contributed by atoms with van der Waals surface area (Å²) in [6, 6.07) is 20.9. The Hall–Kier alpha value is -3.23. The van der Waals surface area contributed by atoms with Gasteiger partial charge in [-0.15, -0.1) is 0 Å². The van der Waals surface area contributed by atoms with Gasteiger partial charge < -0.3 is 30.2 Å². The van der Waals surface area contributed by atoms with Crippen LogP contribution in [0.2, 0.25) is 0 Å². The van der Waals surface area contributed by atoms with Gasteiger partial charge in [0.05, 0.1) is 13.2 Å². The Bertz CT molecular complexity index is 1340. The highest BCUT2D eigenvalue weighted by Gasteiger charge is 2.16. The van der Waals surface area contributed by atoms with Crippen LogP contribution in [0.1, 0.15) is 30.4 Å². The smallest absolute Gasteiger partial charge is 0.227 e. The van der Waals surface area contributed by atoms with Gasteiger partial charge >= 0.3 is 0 Å². The third kappa shape index (κ3) is 6.42. The third-order valence-electron chi connectivity index (χ3n) is 7.28. The molecular formula is C31H38N4O3. The second kappa shape index (κ2) is 12.5. The average molecular weight is 515 g/mol. The van der Waals surface area contributed by atoms with Crippen molar-refractivity contribution in [1.82, 2.24) is 15.2 Å². The molecule has 4 aromatic rings. The number of nitrogens with one attached hydrogen (secondary N) is 1. The first-order valence-corrected chi connectivity index (χ1v) is 13.6. The second-order valence-electron chi connectivity index (χ2n) is 10.1. The van der Waals surface area contributed by atoms with E-state index in [4.69, 9.17) is 25.0 Å². The highest BCUT2D eigenvalue weighted by atomic mass is 16.5. The van der Waals surface area contributed by atoms with Gasteiger partial charge in [-0.3, -0.25) is 0 Å². The number of fused-ring (bicyclic) bond motifs is 1. The fourth-order valence-electron chi connectivity index (χ4n) is 5.07. The first kappa shape index (κ1) is 26.4. The molecular weight excluding hydrogens is 476 g/mol. The molecule has 1 aliphatic rings. The van der Waals surface area contributed by atoms with Crippen LogP contribution in [0.4, 0.5) is 0 Å². The molecule has 7 nitrogen and oxygen atoms in total. The van der Waals surface area contributed by atoms with Gasteiger partial charge in [0, 0.05) is 31.2 Å². The van der Waals surface area contributed by atoms with Crippen LogP contribution in [-0.2, 0) is 6.54 Å². The standard InChI is InChI=1S/C31H38N4O3/c1-22-27(7-3-8-29(22)37-18-4-14-35-15-11-26(32)12-16-35)24-9-10-28-30(20-24)38-31(34-28)25-6-2-5-23(19-25)21-33-13-17-36/h2-3,5-10,19-20,26,33,36H,4,11-18,21,32H2,1H3. The Morgan fingerprint density at radius 1 is 1.08 bits per heavy atom. The molecule has 0 bridgehead atoms. The van der Waals surface area contributed by atoms with Crippen LogP contribution in [0.25, 0.3) is 33.7 Å².